The fourth-order valence-corrected chi connectivity index (χ4v) is 5.61. The largest absolute Gasteiger partial charge is 0.312 e. The summed E-state index contributed by atoms with van der Waals surface area (Å²) in [6, 6.07) is 22.1. The Kier molecular flexibility index (Phi) is 6.45. The maximum atomic E-state index is 15.1. The van der Waals surface area contributed by atoms with Gasteiger partial charge in [0.25, 0.3) is 0 Å². The molecule has 0 saturated carbocycles. The SMILES string of the molecule is Cc1ccc(S(=O)(=O)N2CCC(C(F)(F)C(=O)c3ccc(-c4ccccc4)cc3)CC2)cc1. The van der Waals surface area contributed by atoms with Crippen LogP contribution in [-0.4, -0.2) is 37.5 Å². The van der Waals surface area contributed by atoms with Gasteiger partial charge in [-0.05, 0) is 43.0 Å². The molecule has 0 spiro atoms. The van der Waals surface area contributed by atoms with E-state index >= 15 is 8.78 Å². The van der Waals surface area contributed by atoms with Crippen LogP contribution in [0.2, 0.25) is 0 Å². The highest BCUT2D eigenvalue weighted by molar-refractivity contribution is 7.89. The van der Waals surface area contributed by atoms with E-state index in [0.29, 0.717) is 0 Å². The molecule has 1 aliphatic heterocycles. The van der Waals surface area contributed by atoms with Gasteiger partial charge < -0.3 is 0 Å². The molecule has 4 rings (SSSR count). The van der Waals surface area contributed by atoms with Gasteiger partial charge in [0.15, 0.2) is 0 Å². The van der Waals surface area contributed by atoms with Crippen LogP contribution in [0.1, 0.15) is 28.8 Å². The third kappa shape index (κ3) is 4.75. The van der Waals surface area contributed by atoms with E-state index in [1.165, 1.54) is 28.6 Å². The monoisotopic (exact) mass is 469 g/mol. The molecule has 1 saturated heterocycles. The smallest absolute Gasteiger partial charge is 0.287 e. The second kappa shape index (κ2) is 9.15. The number of carbonyl (C=O) groups is 1. The molecule has 0 atom stereocenters. The standard InChI is InChI=1S/C26H25F2NO3S/c1-19-7-13-24(14-8-19)33(31,32)29-17-15-23(16-18-29)26(27,28)25(30)22-11-9-21(10-12-22)20-5-3-2-4-6-20/h2-14,23H,15-18H2,1H3. The maximum Gasteiger partial charge on any atom is 0.312 e. The molecule has 1 fully saturated rings. The van der Waals surface area contributed by atoms with Crippen LogP contribution < -0.4 is 0 Å². The molecular formula is C26H25F2NO3S. The van der Waals surface area contributed by atoms with Crippen molar-refractivity contribution in [2.75, 3.05) is 13.1 Å². The highest BCUT2D eigenvalue weighted by Gasteiger charge is 2.48. The average Bonchev–Trinajstić information content (AvgIpc) is 2.84. The summed E-state index contributed by atoms with van der Waals surface area (Å²) in [5.41, 5.74) is 2.66. The zero-order valence-corrected chi connectivity index (χ0v) is 19.1. The predicted molar refractivity (Wildman–Crippen MR) is 124 cm³/mol. The molecular weight excluding hydrogens is 444 g/mol. The van der Waals surface area contributed by atoms with E-state index < -0.39 is 27.6 Å². The Morgan fingerprint density at radius 1 is 0.848 bits per heavy atom. The van der Waals surface area contributed by atoms with Crippen LogP contribution in [0.5, 0.6) is 0 Å². The number of benzene rings is 3. The van der Waals surface area contributed by atoms with Crippen LogP contribution in [0.25, 0.3) is 11.1 Å². The Hall–Kier alpha value is -2.90. The Morgan fingerprint density at radius 3 is 1.97 bits per heavy atom. The number of ketones is 1. The van der Waals surface area contributed by atoms with E-state index in [0.717, 1.165) is 16.7 Å². The summed E-state index contributed by atoms with van der Waals surface area (Å²) < 4.78 is 57.1. The summed E-state index contributed by atoms with van der Waals surface area (Å²) in [5, 5.41) is 0. The number of Topliss-reactive ketones (excluding diaryl/α,β-unsaturated/α-hetero) is 1. The van der Waals surface area contributed by atoms with Gasteiger partial charge in [-0.15, -0.1) is 0 Å². The minimum atomic E-state index is -3.75. The van der Waals surface area contributed by atoms with Gasteiger partial charge in [0.05, 0.1) is 4.90 Å². The topological polar surface area (TPSA) is 54.5 Å². The van der Waals surface area contributed by atoms with Crippen molar-refractivity contribution in [3.05, 3.63) is 90.0 Å². The van der Waals surface area contributed by atoms with E-state index in [4.69, 9.17) is 0 Å². The Balaban J connectivity index is 1.44. The molecule has 0 amide bonds. The van der Waals surface area contributed by atoms with Crippen molar-refractivity contribution in [2.45, 2.75) is 30.6 Å². The molecule has 4 nitrogen and oxygen atoms in total. The Bertz CT molecular complexity index is 1220. The molecule has 3 aromatic rings. The van der Waals surface area contributed by atoms with E-state index in [1.54, 1.807) is 24.3 Å². The number of rotatable bonds is 6. The predicted octanol–water partition coefficient (Wildman–Crippen LogP) is 5.58. The number of nitrogens with zero attached hydrogens (tertiary/aromatic N) is 1. The molecule has 1 heterocycles. The summed E-state index contributed by atoms with van der Waals surface area (Å²) in [5.74, 6) is -5.99. The maximum absolute atomic E-state index is 15.1. The van der Waals surface area contributed by atoms with Crippen molar-refractivity contribution in [3.63, 3.8) is 0 Å². The van der Waals surface area contributed by atoms with Crippen molar-refractivity contribution in [1.29, 1.82) is 0 Å². The van der Waals surface area contributed by atoms with Crippen LogP contribution in [0.3, 0.4) is 0 Å². The summed E-state index contributed by atoms with van der Waals surface area (Å²) in [4.78, 5) is 12.8. The van der Waals surface area contributed by atoms with Crippen molar-refractivity contribution < 1.29 is 22.0 Å². The molecule has 1 aliphatic rings. The first-order valence-electron chi connectivity index (χ1n) is 10.8. The fraction of sp³-hybridized carbons (Fsp3) is 0.269. The zero-order valence-electron chi connectivity index (χ0n) is 18.2. The molecule has 0 unspecified atom stereocenters. The number of aryl methyl sites for hydroxylation is 1. The third-order valence-corrected chi connectivity index (χ3v) is 8.10. The molecule has 0 aromatic heterocycles. The van der Waals surface area contributed by atoms with E-state index in [2.05, 4.69) is 0 Å². The molecule has 7 heteroatoms. The molecule has 0 radical (unpaired) electrons. The number of halogens is 2. The number of sulfonamides is 1. The highest BCUT2D eigenvalue weighted by Crippen LogP contribution is 2.37. The lowest BCUT2D eigenvalue weighted by Gasteiger charge is -2.34. The van der Waals surface area contributed by atoms with Gasteiger partial charge in [0.2, 0.25) is 15.8 Å². The quantitative estimate of drug-likeness (QED) is 0.443. The van der Waals surface area contributed by atoms with Crippen molar-refractivity contribution in [2.24, 2.45) is 5.92 Å². The minimum absolute atomic E-state index is 0.0449. The van der Waals surface area contributed by atoms with Gasteiger partial charge in [-0.3, -0.25) is 4.79 Å². The minimum Gasteiger partial charge on any atom is -0.287 e. The molecule has 3 aromatic carbocycles. The lowest BCUT2D eigenvalue weighted by atomic mass is 9.86. The summed E-state index contributed by atoms with van der Waals surface area (Å²) in [6.45, 7) is 1.77. The highest BCUT2D eigenvalue weighted by atomic mass is 32.2. The van der Waals surface area contributed by atoms with E-state index in [9.17, 15) is 13.2 Å². The first kappa shape index (κ1) is 23.3. The first-order valence-corrected chi connectivity index (χ1v) is 12.3. The number of hydrogen-bond acceptors (Lipinski definition) is 3. The lowest BCUT2D eigenvalue weighted by molar-refractivity contribution is -0.0445. The fourth-order valence-electron chi connectivity index (χ4n) is 4.14. The van der Waals surface area contributed by atoms with Gasteiger partial charge in [0, 0.05) is 24.6 Å². The lowest BCUT2D eigenvalue weighted by Crippen LogP contribution is -2.46. The Morgan fingerprint density at radius 2 is 1.39 bits per heavy atom. The van der Waals surface area contributed by atoms with Gasteiger partial charge in [0.1, 0.15) is 0 Å². The van der Waals surface area contributed by atoms with Crippen LogP contribution in [0, 0.1) is 12.8 Å². The normalized spacial score (nSPS) is 16.0. The van der Waals surface area contributed by atoms with Crippen LogP contribution in [-0.2, 0) is 10.0 Å². The van der Waals surface area contributed by atoms with Crippen LogP contribution >= 0.6 is 0 Å². The number of carbonyl (C=O) groups excluding carboxylic acids is 1. The van der Waals surface area contributed by atoms with Crippen molar-refractivity contribution >= 4 is 15.8 Å². The first-order chi connectivity index (χ1) is 15.7. The van der Waals surface area contributed by atoms with Crippen LogP contribution in [0.4, 0.5) is 8.78 Å². The van der Waals surface area contributed by atoms with Gasteiger partial charge in [-0.1, -0.05) is 72.3 Å². The molecule has 0 aliphatic carbocycles. The molecule has 172 valence electrons. The van der Waals surface area contributed by atoms with Crippen molar-refractivity contribution in [1.82, 2.24) is 4.31 Å². The van der Waals surface area contributed by atoms with Crippen molar-refractivity contribution in [3.8, 4) is 11.1 Å². The second-order valence-electron chi connectivity index (χ2n) is 8.39. The zero-order chi connectivity index (χ0) is 23.6. The van der Waals surface area contributed by atoms with E-state index in [1.807, 2.05) is 37.3 Å². The molecule has 0 bridgehead atoms. The van der Waals surface area contributed by atoms with Crippen LogP contribution in [0.15, 0.2) is 83.8 Å². The summed E-state index contributed by atoms with van der Waals surface area (Å²) in [7, 11) is -3.75. The number of hydrogen-bond donors (Lipinski definition) is 0. The van der Waals surface area contributed by atoms with Gasteiger partial charge >= 0.3 is 5.92 Å². The van der Waals surface area contributed by atoms with Gasteiger partial charge in [-0.2, -0.15) is 13.1 Å². The van der Waals surface area contributed by atoms with Gasteiger partial charge in [-0.25, -0.2) is 8.42 Å². The summed E-state index contributed by atoms with van der Waals surface area (Å²) >= 11 is 0. The Labute approximate surface area is 192 Å². The third-order valence-electron chi connectivity index (χ3n) is 6.18. The molecule has 0 N–H and O–H groups in total. The number of alkyl halides is 2. The number of piperidine rings is 1. The average molecular weight is 470 g/mol. The molecule has 33 heavy (non-hydrogen) atoms. The summed E-state index contributed by atoms with van der Waals surface area (Å²) in [6.07, 6.45) is -0.155. The second-order valence-corrected chi connectivity index (χ2v) is 10.3. The van der Waals surface area contributed by atoms with E-state index in [-0.39, 0.29) is 36.4 Å².